The molecular weight excluding hydrogens is 404 g/mol. The summed E-state index contributed by atoms with van der Waals surface area (Å²) in [6, 6.07) is 8.30. The number of carboxylic acids is 1. The lowest BCUT2D eigenvalue weighted by atomic mass is 10.2. The Labute approximate surface area is 170 Å². The van der Waals surface area contributed by atoms with E-state index in [-0.39, 0.29) is 5.82 Å². The van der Waals surface area contributed by atoms with E-state index < -0.39 is 12.1 Å². The van der Waals surface area contributed by atoms with Gasteiger partial charge in [-0.3, -0.25) is 0 Å². The van der Waals surface area contributed by atoms with Gasteiger partial charge < -0.3 is 14.4 Å². The fourth-order valence-electron chi connectivity index (χ4n) is 2.76. The number of aromatic nitrogens is 2. The van der Waals surface area contributed by atoms with E-state index in [0.29, 0.717) is 19.0 Å². The van der Waals surface area contributed by atoms with Gasteiger partial charge in [0.15, 0.2) is 0 Å². The van der Waals surface area contributed by atoms with Crippen LogP contribution in [-0.2, 0) is 17.9 Å². The van der Waals surface area contributed by atoms with E-state index in [4.69, 9.17) is 14.6 Å². The van der Waals surface area contributed by atoms with Gasteiger partial charge in [-0.1, -0.05) is 18.2 Å². The minimum absolute atomic E-state index is 0.250. The van der Waals surface area contributed by atoms with Crippen LogP contribution in [0.25, 0.3) is 10.9 Å². The molecular formula is C21H20F4N2O3. The number of aliphatic carboxylic acids is 1. The number of carboxylic acid groups (broad SMARTS) is 1. The Bertz CT molecular complexity index is 1040. The van der Waals surface area contributed by atoms with Gasteiger partial charge >= 0.3 is 12.1 Å². The number of alkyl halides is 3. The zero-order chi connectivity index (χ0) is 22.5. The Hall–Kier alpha value is -3.36. The van der Waals surface area contributed by atoms with Gasteiger partial charge in [0.05, 0.1) is 0 Å². The third-order valence-corrected chi connectivity index (χ3v) is 4.36. The fourth-order valence-corrected chi connectivity index (χ4v) is 2.76. The van der Waals surface area contributed by atoms with Crippen molar-refractivity contribution in [3.05, 3.63) is 71.8 Å². The van der Waals surface area contributed by atoms with Crippen molar-refractivity contribution in [2.45, 2.75) is 33.2 Å². The maximum atomic E-state index is 13.0. The molecule has 0 aliphatic heterocycles. The van der Waals surface area contributed by atoms with Crippen molar-refractivity contribution >= 4 is 16.9 Å². The van der Waals surface area contributed by atoms with E-state index in [1.54, 1.807) is 18.3 Å². The quantitative estimate of drug-likeness (QED) is 0.452. The summed E-state index contributed by atoms with van der Waals surface area (Å²) in [5.74, 6) is -2.42. The summed E-state index contributed by atoms with van der Waals surface area (Å²) in [6.45, 7) is 9.07. The van der Waals surface area contributed by atoms with Gasteiger partial charge in [-0.15, -0.1) is 6.58 Å². The number of aryl methyl sites for hydroxylation is 1. The normalized spacial score (nSPS) is 11.0. The molecule has 30 heavy (non-hydrogen) atoms. The molecule has 0 bridgehead atoms. The predicted molar refractivity (Wildman–Crippen MR) is 104 cm³/mol. The molecule has 0 aliphatic rings. The smallest absolute Gasteiger partial charge is 0.475 e. The first-order chi connectivity index (χ1) is 14.1. The predicted octanol–water partition coefficient (Wildman–Crippen LogP) is 5.19. The topological polar surface area (TPSA) is 64.4 Å². The Morgan fingerprint density at radius 1 is 1.23 bits per heavy atom. The van der Waals surface area contributed by atoms with Crippen LogP contribution < -0.4 is 4.74 Å². The van der Waals surface area contributed by atoms with Crippen molar-refractivity contribution in [2.75, 3.05) is 0 Å². The lowest BCUT2D eigenvalue weighted by molar-refractivity contribution is -0.192. The molecule has 3 aromatic rings. The van der Waals surface area contributed by atoms with Crippen molar-refractivity contribution in [1.82, 2.24) is 9.55 Å². The van der Waals surface area contributed by atoms with E-state index in [9.17, 15) is 17.6 Å². The van der Waals surface area contributed by atoms with Crippen LogP contribution in [-0.4, -0.2) is 26.8 Å². The first kappa shape index (κ1) is 22.9. The summed E-state index contributed by atoms with van der Waals surface area (Å²) in [5.41, 5.74) is 4.28. The molecule has 1 N–H and O–H groups in total. The SMILES string of the molecule is C=CCn1c(C)c(C)c2ccnc(OCc3ccc(F)cc3)c21.O=C(O)C(F)(F)F. The zero-order valence-corrected chi connectivity index (χ0v) is 16.3. The zero-order valence-electron chi connectivity index (χ0n) is 16.3. The van der Waals surface area contributed by atoms with Crippen LogP contribution in [0.1, 0.15) is 16.8 Å². The summed E-state index contributed by atoms with van der Waals surface area (Å²) in [4.78, 5) is 13.3. The number of rotatable bonds is 5. The van der Waals surface area contributed by atoms with Crippen LogP contribution in [0.5, 0.6) is 5.88 Å². The standard InChI is InChI=1S/C19H19FN2O.C2HF3O2/c1-4-11-22-14(3)13(2)17-9-10-21-19(18(17)22)23-12-15-5-7-16(20)8-6-15;3-2(4,5)1(6)7/h4-10H,1,11-12H2,2-3H3;(H,6,7). The van der Waals surface area contributed by atoms with Crippen molar-refractivity contribution in [3.8, 4) is 5.88 Å². The van der Waals surface area contributed by atoms with Gasteiger partial charge in [0.25, 0.3) is 0 Å². The summed E-state index contributed by atoms with van der Waals surface area (Å²) >= 11 is 0. The molecule has 0 atom stereocenters. The maximum absolute atomic E-state index is 13.0. The molecule has 2 heterocycles. The number of benzene rings is 1. The van der Waals surface area contributed by atoms with E-state index in [2.05, 4.69) is 30.0 Å². The highest BCUT2D eigenvalue weighted by Crippen LogP contribution is 2.31. The second-order valence-corrected chi connectivity index (χ2v) is 6.34. The number of ether oxygens (including phenoxy) is 1. The van der Waals surface area contributed by atoms with E-state index >= 15 is 0 Å². The third kappa shape index (κ3) is 5.37. The summed E-state index contributed by atoms with van der Waals surface area (Å²) in [5, 5.41) is 8.26. The number of nitrogens with zero attached hydrogens (tertiary/aromatic N) is 2. The minimum Gasteiger partial charge on any atom is -0.475 e. The Morgan fingerprint density at radius 2 is 1.83 bits per heavy atom. The van der Waals surface area contributed by atoms with Gasteiger partial charge in [0.2, 0.25) is 5.88 Å². The van der Waals surface area contributed by atoms with Gasteiger partial charge in [-0.05, 0) is 43.2 Å². The maximum Gasteiger partial charge on any atom is 0.490 e. The van der Waals surface area contributed by atoms with E-state index in [0.717, 1.165) is 16.5 Å². The van der Waals surface area contributed by atoms with Crippen LogP contribution in [0.15, 0.2) is 49.2 Å². The van der Waals surface area contributed by atoms with Crippen LogP contribution >= 0.6 is 0 Å². The van der Waals surface area contributed by atoms with Gasteiger partial charge in [-0.2, -0.15) is 13.2 Å². The van der Waals surface area contributed by atoms with Gasteiger partial charge in [0, 0.05) is 23.8 Å². The number of carbonyl (C=O) groups is 1. The first-order valence-corrected chi connectivity index (χ1v) is 8.79. The molecule has 0 unspecified atom stereocenters. The van der Waals surface area contributed by atoms with Crippen LogP contribution in [0.3, 0.4) is 0 Å². The van der Waals surface area contributed by atoms with Crippen molar-refractivity contribution in [2.24, 2.45) is 0 Å². The molecule has 9 heteroatoms. The monoisotopic (exact) mass is 424 g/mol. The average Bonchev–Trinajstić information content (AvgIpc) is 2.93. The number of allylic oxidation sites excluding steroid dienone is 1. The molecule has 1 aromatic carbocycles. The van der Waals surface area contributed by atoms with Gasteiger partial charge in [0.1, 0.15) is 17.9 Å². The third-order valence-electron chi connectivity index (χ3n) is 4.36. The van der Waals surface area contributed by atoms with Crippen molar-refractivity contribution < 1.29 is 32.2 Å². The Kier molecular flexibility index (Phi) is 7.20. The molecule has 0 spiro atoms. The number of halogens is 4. The molecule has 0 aliphatic carbocycles. The lowest BCUT2D eigenvalue weighted by Gasteiger charge is -2.10. The number of pyridine rings is 1. The van der Waals surface area contributed by atoms with Crippen LogP contribution in [0.2, 0.25) is 0 Å². The molecule has 0 radical (unpaired) electrons. The molecule has 160 valence electrons. The molecule has 0 saturated heterocycles. The molecule has 0 saturated carbocycles. The second kappa shape index (κ2) is 9.43. The molecule has 0 amide bonds. The molecule has 2 aromatic heterocycles. The lowest BCUT2D eigenvalue weighted by Crippen LogP contribution is -2.21. The number of fused-ring (bicyclic) bond motifs is 1. The first-order valence-electron chi connectivity index (χ1n) is 8.79. The van der Waals surface area contributed by atoms with Crippen LogP contribution in [0.4, 0.5) is 17.6 Å². The molecule has 5 nitrogen and oxygen atoms in total. The Balaban J connectivity index is 0.000000396. The summed E-state index contributed by atoms with van der Waals surface area (Å²) in [6.07, 6.45) is -1.46. The fraction of sp³-hybridized carbons (Fsp3) is 0.238. The van der Waals surface area contributed by atoms with E-state index in [1.165, 1.54) is 23.4 Å². The highest BCUT2D eigenvalue weighted by Gasteiger charge is 2.38. The van der Waals surface area contributed by atoms with Crippen molar-refractivity contribution in [3.63, 3.8) is 0 Å². The second-order valence-electron chi connectivity index (χ2n) is 6.34. The highest BCUT2D eigenvalue weighted by atomic mass is 19.4. The highest BCUT2D eigenvalue weighted by molar-refractivity contribution is 5.88. The van der Waals surface area contributed by atoms with E-state index in [1.807, 2.05) is 12.1 Å². The summed E-state index contributed by atoms with van der Waals surface area (Å²) in [7, 11) is 0. The molecule has 3 rings (SSSR count). The van der Waals surface area contributed by atoms with Gasteiger partial charge in [-0.25, -0.2) is 14.2 Å². The minimum atomic E-state index is -5.08. The van der Waals surface area contributed by atoms with Crippen LogP contribution in [0, 0.1) is 19.7 Å². The number of hydrogen-bond acceptors (Lipinski definition) is 3. The summed E-state index contributed by atoms with van der Waals surface area (Å²) < 4.78 is 52.8. The Morgan fingerprint density at radius 3 is 2.37 bits per heavy atom. The average molecular weight is 424 g/mol. The number of hydrogen-bond donors (Lipinski definition) is 1. The van der Waals surface area contributed by atoms with Crippen molar-refractivity contribution in [1.29, 1.82) is 0 Å². The largest absolute Gasteiger partial charge is 0.490 e. The molecule has 0 fully saturated rings.